The number of carboxylic acid groups (broad SMARTS) is 1. The summed E-state index contributed by atoms with van der Waals surface area (Å²) in [4.78, 5) is 13.3. The molecule has 0 saturated heterocycles. The molecule has 1 aromatic rings. The van der Waals surface area contributed by atoms with Crippen LogP contribution in [0.5, 0.6) is 0 Å². The van der Waals surface area contributed by atoms with Gasteiger partial charge in [0.2, 0.25) is 0 Å². The van der Waals surface area contributed by atoms with E-state index in [1.807, 2.05) is 18.7 Å². The van der Waals surface area contributed by atoms with Gasteiger partial charge in [0.15, 0.2) is 9.84 Å². The van der Waals surface area contributed by atoms with E-state index in [1.54, 1.807) is 13.8 Å². The summed E-state index contributed by atoms with van der Waals surface area (Å²) in [5, 5.41) is 9.08. The fourth-order valence-electron chi connectivity index (χ4n) is 2.17. The first-order valence-corrected chi connectivity index (χ1v) is 8.67. The van der Waals surface area contributed by atoms with Gasteiger partial charge in [0.1, 0.15) is 0 Å². The van der Waals surface area contributed by atoms with E-state index < -0.39 is 15.8 Å². The molecule has 21 heavy (non-hydrogen) atoms. The first-order chi connectivity index (χ1) is 9.72. The van der Waals surface area contributed by atoms with E-state index in [9.17, 15) is 13.2 Å². The largest absolute Gasteiger partial charge is 0.478 e. The van der Waals surface area contributed by atoms with Gasteiger partial charge in [0.05, 0.1) is 16.2 Å². The van der Waals surface area contributed by atoms with Crippen molar-refractivity contribution in [3.05, 3.63) is 28.8 Å². The monoisotopic (exact) mass is 313 g/mol. The van der Waals surface area contributed by atoms with E-state index in [4.69, 9.17) is 5.11 Å². The second-order valence-electron chi connectivity index (χ2n) is 5.07. The molecule has 0 aromatic heterocycles. The van der Waals surface area contributed by atoms with Gasteiger partial charge in [-0.05, 0) is 50.2 Å². The molecule has 6 heteroatoms. The maximum Gasteiger partial charge on any atom is 0.335 e. The van der Waals surface area contributed by atoms with Crippen molar-refractivity contribution in [3.8, 4) is 0 Å². The summed E-state index contributed by atoms with van der Waals surface area (Å²) in [6, 6.07) is 2.77. The Morgan fingerprint density at radius 3 is 2.24 bits per heavy atom. The molecule has 0 aliphatic heterocycles. The molecule has 118 valence electrons. The number of aromatic carboxylic acids is 1. The molecule has 0 amide bonds. The zero-order valence-electron chi connectivity index (χ0n) is 13.0. The number of sulfone groups is 1. The Bertz CT molecular complexity index is 619. The Hall–Kier alpha value is -1.40. The highest BCUT2D eigenvalue weighted by atomic mass is 32.2. The van der Waals surface area contributed by atoms with Crippen molar-refractivity contribution in [1.29, 1.82) is 0 Å². The normalized spacial score (nSPS) is 11.9. The van der Waals surface area contributed by atoms with Crippen LogP contribution < -0.4 is 0 Å². The minimum absolute atomic E-state index is 0.00195. The van der Waals surface area contributed by atoms with Gasteiger partial charge < -0.3 is 10.0 Å². The number of carboxylic acids is 1. The second-order valence-corrected chi connectivity index (χ2v) is 7.14. The molecule has 0 atom stereocenters. The Balaban J connectivity index is 3.16. The van der Waals surface area contributed by atoms with Crippen LogP contribution in [0.4, 0.5) is 0 Å². The summed E-state index contributed by atoms with van der Waals surface area (Å²) < 4.78 is 25.0. The number of aryl methyl sites for hydroxylation is 1. The number of hydrogen-bond acceptors (Lipinski definition) is 4. The maximum absolute atomic E-state index is 12.5. The third-order valence-corrected chi connectivity index (χ3v) is 5.59. The molecule has 1 rings (SSSR count). The van der Waals surface area contributed by atoms with Gasteiger partial charge >= 0.3 is 5.97 Å². The molecule has 0 heterocycles. The molecule has 0 bridgehead atoms. The quantitative estimate of drug-likeness (QED) is 0.834. The second kappa shape index (κ2) is 7.04. The molecule has 0 aliphatic carbocycles. The topological polar surface area (TPSA) is 74.7 Å². The predicted octanol–water partition coefficient (Wildman–Crippen LogP) is 2.12. The van der Waals surface area contributed by atoms with Crippen LogP contribution in [-0.2, 0) is 9.84 Å². The number of hydrogen-bond donors (Lipinski definition) is 1. The van der Waals surface area contributed by atoms with Crippen molar-refractivity contribution < 1.29 is 18.3 Å². The summed E-state index contributed by atoms with van der Waals surface area (Å²) in [6.45, 7) is 9.44. The van der Waals surface area contributed by atoms with Gasteiger partial charge in [-0.1, -0.05) is 13.8 Å². The maximum atomic E-state index is 12.5. The van der Waals surface area contributed by atoms with Crippen molar-refractivity contribution in [2.24, 2.45) is 0 Å². The summed E-state index contributed by atoms with van der Waals surface area (Å²) in [5.41, 5.74) is 1.32. The van der Waals surface area contributed by atoms with Crippen molar-refractivity contribution in [2.45, 2.75) is 32.6 Å². The Morgan fingerprint density at radius 2 is 1.76 bits per heavy atom. The predicted molar refractivity (Wildman–Crippen MR) is 82.7 cm³/mol. The minimum atomic E-state index is -3.49. The van der Waals surface area contributed by atoms with Crippen molar-refractivity contribution >= 4 is 15.8 Å². The highest BCUT2D eigenvalue weighted by Crippen LogP contribution is 2.22. The first-order valence-electron chi connectivity index (χ1n) is 7.02. The van der Waals surface area contributed by atoms with Crippen molar-refractivity contribution in [3.63, 3.8) is 0 Å². The average molecular weight is 313 g/mol. The van der Waals surface area contributed by atoms with Crippen LogP contribution in [0.1, 0.15) is 35.3 Å². The van der Waals surface area contributed by atoms with Crippen LogP contribution in [0.15, 0.2) is 17.0 Å². The standard InChI is InChI=1S/C15H23NO4S/c1-5-16(6-2)7-8-21(19,20)14-10-13(15(17)18)9-11(3)12(14)4/h9-10H,5-8H2,1-4H3,(H,17,18). The highest BCUT2D eigenvalue weighted by molar-refractivity contribution is 7.91. The Morgan fingerprint density at radius 1 is 1.19 bits per heavy atom. The molecule has 1 aromatic carbocycles. The number of rotatable bonds is 7. The molecule has 0 radical (unpaired) electrons. The van der Waals surface area contributed by atoms with Crippen LogP contribution in [0.25, 0.3) is 0 Å². The van der Waals surface area contributed by atoms with Crippen LogP contribution in [-0.4, -0.2) is 49.8 Å². The number of carbonyl (C=O) groups is 1. The number of nitrogens with zero attached hydrogens (tertiary/aromatic N) is 1. The molecule has 0 saturated carbocycles. The molecular weight excluding hydrogens is 290 g/mol. The molecular formula is C15H23NO4S. The van der Waals surface area contributed by atoms with Gasteiger partial charge in [-0.3, -0.25) is 0 Å². The first kappa shape index (κ1) is 17.7. The number of benzene rings is 1. The molecule has 0 fully saturated rings. The lowest BCUT2D eigenvalue weighted by Crippen LogP contribution is -2.29. The van der Waals surface area contributed by atoms with Gasteiger partial charge in [0, 0.05) is 6.54 Å². The fourth-order valence-corrected chi connectivity index (χ4v) is 3.83. The summed E-state index contributed by atoms with van der Waals surface area (Å²) in [6.07, 6.45) is 0. The lowest BCUT2D eigenvalue weighted by atomic mass is 10.1. The van der Waals surface area contributed by atoms with E-state index in [0.717, 1.165) is 13.1 Å². The van der Waals surface area contributed by atoms with Gasteiger partial charge in [-0.2, -0.15) is 0 Å². The lowest BCUT2D eigenvalue weighted by molar-refractivity contribution is 0.0696. The average Bonchev–Trinajstić information content (AvgIpc) is 2.42. The highest BCUT2D eigenvalue weighted by Gasteiger charge is 2.21. The van der Waals surface area contributed by atoms with E-state index in [2.05, 4.69) is 0 Å². The molecule has 1 N–H and O–H groups in total. The third kappa shape index (κ3) is 4.28. The third-order valence-electron chi connectivity index (χ3n) is 3.77. The van der Waals surface area contributed by atoms with E-state index in [-0.39, 0.29) is 16.2 Å². The van der Waals surface area contributed by atoms with Gasteiger partial charge in [-0.15, -0.1) is 0 Å². The van der Waals surface area contributed by atoms with Crippen LogP contribution in [0.3, 0.4) is 0 Å². The van der Waals surface area contributed by atoms with Crippen LogP contribution >= 0.6 is 0 Å². The van der Waals surface area contributed by atoms with E-state index >= 15 is 0 Å². The minimum Gasteiger partial charge on any atom is -0.478 e. The van der Waals surface area contributed by atoms with Crippen molar-refractivity contribution in [1.82, 2.24) is 4.90 Å². The molecule has 5 nitrogen and oxygen atoms in total. The molecule has 0 aliphatic rings. The zero-order valence-corrected chi connectivity index (χ0v) is 13.8. The summed E-state index contributed by atoms with van der Waals surface area (Å²) >= 11 is 0. The van der Waals surface area contributed by atoms with Gasteiger partial charge in [-0.25, -0.2) is 13.2 Å². The Labute approximate surface area is 126 Å². The summed E-state index contributed by atoms with van der Waals surface area (Å²) in [5.74, 6) is -1.11. The van der Waals surface area contributed by atoms with Crippen LogP contribution in [0.2, 0.25) is 0 Å². The van der Waals surface area contributed by atoms with E-state index in [1.165, 1.54) is 12.1 Å². The zero-order chi connectivity index (χ0) is 16.2. The fraction of sp³-hybridized carbons (Fsp3) is 0.533. The Kier molecular flexibility index (Phi) is 5.92. The summed E-state index contributed by atoms with van der Waals surface area (Å²) in [7, 11) is -3.49. The van der Waals surface area contributed by atoms with Crippen LogP contribution in [0, 0.1) is 13.8 Å². The SMILES string of the molecule is CCN(CC)CCS(=O)(=O)c1cc(C(=O)O)cc(C)c1C. The molecule has 0 spiro atoms. The van der Waals surface area contributed by atoms with Gasteiger partial charge in [0.25, 0.3) is 0 Å². The van der Waals surface area contributed by atoms with Crippen molar-refractivity contribution in [2.75, 3.05) is 25.4 Å². The molecule has 0 unspecified atom stereocenters. The smallest absolute Gasteiger partial charge is 0.335 e. The van der Waals surface area contributed by atoms with E-state index in [0.29, 0.717) is 17.7 Å². The lowest BCUT2D eigenvalue weighted by Gasteiger charge is -2.18.